The maximum Gasteiger partial charge on any atom is 0.407 e. The first-order chi connectivity index (χ1) is 45.2. The number of ether oxygens (including phenoxy) is 12. The molecule has 528 valence electrons. The van der Waals surface area contributed by atoms with Gasteiger partial charge in [-0.2, -0.15) is 0 Å². The van der Waals surface area contributed by atoms with Crippen molar-refractivity contribution >= 4 is 57.1 Å². The minimum atomic E-state index is -1.64. The van der Waals surface area contributed by atoms with Crippen molar-refractivity contribution in [2.75, 3.05) is 33.7 Å². The smallest absolute Gasteiger partial charge is 0.407 e. The van der Waals surface area contributed by atoms with Crippen molar-refractivity contribution < 1.29 is 96.4 Å². The summed E-state index contributed by atoms with van der Waals surface area (Å²) in [6.07, 6.45) is 13.7. The lowest BCUT2D eigenvalue weighted by atomic mass is 9.82. The van der Waals surface area contributed by atoms with E-state index in [1.807, 2.05) is 115 Å². The molecular weight excluding hydrogens is 1300 g/mol. The number of hydrogen-bond donors (Lipinski definition) is 5. The number of aliphatic hydroxyl groups is 4. The highest BCUT2D eigenvalue weighted by atomic mass is 32.0. The largest absolute Gasteiger partial charge is 0.462 e. The molecule has 21 nitrogen and oxygen atoms in total. The number of nitrogens with one attached hydrogen (secondary N) is 1. The van der Waals surface area contributed by atoms with Crippen molar-refractivity contribution in [1.29, 1.82) is 0 Å². The van der Waals surface area contributed by atoms with E-state index in [1.54, 1.807) is 56.4 Å². The third-order valence-electron chi connectivity index (χ3n) is 17.3. The standard InChI is InChI=1S/C70H103NO20P4/c1-13-35-81-64(78)58-54(73)42-70(80-10)41-52-39-55(89-68(88-52)95(12)93)53(72)34-33-50-37-51(87-67(86-50)94(11)92)40-57(74)83-45(5)44(4)60(75)43(3)27-25-23-21-19-17-15-16-18-20-22-24-26-28-49(38-56(58)91-70)85-65-62(59(61(76)46(6)84-65)71-66(79)82-36-14-2)90-63(77)47-29-31-48(32-30-47)69(7,8)9/h13-32,43-46,49-56,58-62,65,67-68,72-73,75-76H,1-2,33-42,92-93H2,3-12H3,(H,71,79)/b16-15+,19-17+,20-18+,23-21+,24-22+,27-25+,28-26+/t43-,44-,45-,46+,49-,50+,51+,52-,53+,54-,55+,56?,58+,59-,60+,61+,62?,65-,67?,68?,70+,94?,95?/m0/s1. The number of benzene rings is 1. The summed E-state index contributed by atoms with van der Waals surface area (Å²) in [5.41, 5.74) is 0.894. The van der Waals surface area contributed by atoms with Gasteiger partial charge in [-0.25, -0.2) is 9.59 Å². The maximum absolute atomic E-state index is 14.3. The Morgan fingerprint density at radius 3 is 1.87 bits per heavy atom. The summed E-state index contributed by atoms with van der Waals surface area (Å²) < 4.78 is 75.5. The topological polar surface area (TPSA) is 272 Å². The number of hydrogen-bond acceptors (Lipinski definition) is 20. The van der Waals surface area contributed by atoms with Gasteiger partial charge in [-0.3, -0.25) is 9.59 Å². The van der Waals surface area contributed by atoms with Crippen LogP contribution in [0.1, 0.15) is 116 Å². The molecule has 25 atom stereocenters. The zero-order valence-electron chi connectivity index (χ0n) is 56.4. The lowest BCUT2D eigenvalue weighted by Crippen LogP contribution is -2.65. The van der Waals surface area contributed by atoms with Crippen LogP contribution in [0.2, 0.25) is 0 Å². The van der Waals surface area contributed by atoms with Crippen LogP contribution in [0.4, 0.5) is 4.79 Å². The van der Waals surface area contributed by atoms with E-state index < -0.39 is 149 Å². The van der Waals surface area contributed by atoms with Gasteiger partial charge in [0, 0.05) is 51.0 Å². The van der Waals surface area contributed by atoms with Gasteiger partial charge in [0.1, 0.15) is 37.4 Å². The Balaban J connectivity index is 1.39. The molecule has 6 rings (SSSR count). The quantitative estimate of drug-likeness (QED) is 0.0531. The van der Waals surface area contributed by atoms with Gasteiger partial charge in [0.15, 0.2) is 30.2 Å². The van der Waals surface area contributed by atoms with Crippen LogP contribution in [0.25, 0.3) is 0 Å². The molecule has 1 aromatic carbocycles. The second-order valence-electron chi connectivity index (χ2n) is 25.9. The molecule has 1 aromatic rings. The van der Waals surface area contributed by atoms with Crippen LogP contribution in [0.3, 0.4) is 0 Å². The molecule has 4 saturated heterocycles. The van der Waals surface area contributed by atoms with Crippen LogP contribution in [-0.4, -0.2) is 188 Å². The van der Waals surface area contributed by atoms with E-state index in [1.165, 1.54) is 19.3 Å². The Bertz CT molecular complexity index is 2840. The van der Waals surface area contributed by atoms with Crippen molar-refractivity contribution in [3.63, 3.8) is 0 Å². The number of cyclic esters (lactones) is 1. The lowest BCUT2D eigenvalue weighted by molar-refractivity contribution is -0.326. The van der Waals surface area contributed by atoms with Crippen molar-refractivity contribution in [3.8, 4) is 0 Å². The molecule has 8 unspecified atom stereocenters. The van der Waals surface area contributed by atoms with Gasteiger partial charge in [-0.1, -0.05) is 157 Å². The molecule has 0 radical (unpaired) electrons. The van der Waals surface area contributed by atoms with Crippen molar-refractivity contribution in [2.24, 2.45) is 17.8 Å². The zero-order chi connectivity index (χ0) is 69.6. The number of rotatable bonds is 13. The molecule has 5 N–H and O–H groups in total. The number of allylic oxidation sites excluding steroid dienone is 12. The van der Waals surface area contributed by atoms with Crippen molar-refractivity contribution in [3.05, 3.63) is 146 Å². The van der Waals surface area contributed by atoms with Crippen LogP contribution in [0.15, 0.2) is 135 Å². The fourth-order valence-electron chi connectivity index (χ4n) is 11.7. The van der Waals surface area contributed by atoms with E-state index >= 15 is 0 Å². The monoisotopic (exact) mass is 1400 g/mol. The van der Waals surface area contributed by atoms with Gasteiger partial charge >= 0.3 is 24.0 Å². The van der Waals surface area contributed by atoms with Crippen LogP contribution in [0.5, 0.6) is 0 Å². The minimum absolute atomic E-state index is 0.00580. The van der Waals surface area contributed by atoms with Gasteiger partial charge in [0.25, 0.3) is 0 Å². The third-order valence-corrected chi connectivity index (χ3v) is 20.6. The Labute approximate surface area is 568 Å². The average Bonchev–Trinajstić information content (AvgIpc) is 0.780. The summed E-state index contributed by atoms with van der Waals surface area (Å²) >= 11 is 0. The maximum atomic E-state index is 14.3. The first-order valence-electron chi connectivity index (χ1n) is 32.5. The summed E-state index contributed by atoms with van der Waals surface area (Å²) in [4.78, 5) is 55.5. The number of alkyl carbamates (subject to hydrolysis) is 1. The van der Waals surface area contributed by atoms with Crippen LogP contribution >= 0.6 is 33.1 Å². The van der Waals surface area contributed by atoms with Gasteiger partial charge in [-0.05, 0) is 78.4 Å². The van der Waals surface area contributed by atoms with E-state index in [0.29, 0.717) is 12.8 Å². The molecule has 4 fully saturated rings. The molecule has 5 aliphatic heterocycles. The highest BCUT2D eigenvalue weighted by molar-refractivity contribution is 8.13. The molecule has 0 aliphatic carbocycles. The first-order valence-corrected chi connectivity index (χ1v) is 39.5. The van der Waals surface area contributed by atoms with Crippen LogP contribution in [0, 0.1) is 17.8 Å². The zero-order valence-corrected chi connectivity index (χ0v) is 60.5. The SMILES string of the molecule is C=CCOC(=O)N[C@@H]1C(OC(=O)c2ccc(C(C)(C)C)cc2)[C@H](O[C@H]2/C=C/C=C/C=C/C=C/C=C/C=C/C=C/[C@H](C)[C@@H](O)[C@@H](C)[C@H](C)OC(=O)C[C@H]3C[C@@H](CC[C@@H](O)[C@H]4C[C@@H](C[C@]5(OC)C[C@H](O)[C@@H](C(=O)OCC=C)C(C2)O5)OC(P(C)P)O4)OC(P(C)P)O3)O[C@H](C)[C@H]1O. The summed E-state index contributed by atoms with van der Waals surface area (Å²) in [6, 6.07) is 4.15. The molecule has 1 amide bonds. The number of esters is 3. The molecule has 0 spiro atoms. The molecule has 95 heavy (non-hydrogen) atoms. The Morgan fingerprint density at radius 1 is 0.695 bits per heavy atom. The minimum Gasteiger partial charge on any atom is -0.462 e. The normalized spacial score (nSPS) is 38.1. The van der Waals surface area contributed by atoms with Crippen LogP contribution in [-0.2, 0) is 71.8 Å². The van der Waals surface area contributed by atoms with Crippen molar-refractivity contribution in [2.45, 2.75) is 215 Å². The Hall–Kier alpha value is -4.20. The van der Waals surface area contributed by atoms with Crippen LogP contribution < -0.4 is 5.32 Å². The number of aliphatic hydroxyl groups excluding tert-OH is 4. The number of fused-ring (bicyclic) bond motifs is 6. The Kier molecular flexibility index (Phi) is 32.7. The summed E-state index contributed by atoms with van der Waals surface area (Å²) in [5, 5.41) is 50.2. The van der Waals surface area contributed by atoms with E-state index in [-0.39, 0.29) is 80.7 Å². The molecule has 0 saturated carbocycles. The van der Waals surface area contributed by atoms with E-state index in [2.05, 4.69) is 36.3 Å². The van der Waals surface area contributed by atoms with E-state index in [9.17, 15) is 39.6 Å². The molecule has 25 heteroatoms. The molecule has 5 heterocycles. The van der Waals surface area contributed by atoms with E-state index in [0.717, 1.165) is 5.56 Å². The predicted octanol–water partition coefficient (Wildman–Crippen LogP) is 10.6. The van der Waals surface area contributed by atoms with Gasteiger partial charge in [0.2, 0.25) is 0 Å². The first kappa shape index (κ1) is 79.8. The average molecular weight is 1400 g/mol. The fraction of sp³-hybridized carbons (Fsp3) is 0.600. The molecule has 5 aliphatic rings. The van der Waals surface area contributed by atoms with Gasteiger partial charge in [-0.15, -0.1) is 17.9 Å². The Morgan fingerprint density at radius 2 is 1.27 bits per heavy atom. The number of methoxy groups -OCH3 is 1. The molecule has 0 aromatic heterocycles. The molecular formula is C70H103NO20P4. The summed E-state index contributed by atoms with van der Waals surface area (Å²) in [5.74, 6) is -5.68. The predicted molar refractivity (Wildman–Crippen MR) is 372 cm³/mol. The van der Waals surface area contributed by atoms with Gasteiger partial charge in [0.05, 0.1) is 73.0 Å². The second kappa shape index (κ2) is 39.0. The number of carbonyl (C=O) groups excluding carboxylic acids is 4. The highest BCUT2D eigenvalue weighted by Gasteiger charge is 2.54. The summed E-state index contributed by atoms with van der Waals surface area (Å²) in [6.45, 7) is 24.2. The highest BCUT2D eigenvalue weighted by Crippen LogP contribution is 2.52. The molecule has 6 bridgehead atoms. The lowest BCUT2D eigenvalue weighted by Gasteiger charge is -2.49. The number of carbonyl (C=O) groups is 4. The van der Waals surface area contributed by atoms with Gasteiger partial charge < -0.3 is 82.6 Å². The number of amides is 1. The van der Waals surface area contributed by atoms with Crippen molar-refractivity contribution in [1.82, 2.24) is 5.32 Å². The third kappa shape index (κ3) is 24.6. The second-order valence-corrected chi connectivity index (χ2v) is 34.3. The fourth-order valence-corrected chi connectivity index (χ4v) is 14.0. The van der Waals surface area contributed by atoms with E-state index in [4.69, 9.17) is 56.8 Å². The summed E-state index contributed by atoms with van der Waals surface area (Å²) in [7, 11) is 5.09.